The van der Waals surface area contributed by atoms with Crippen LogP contribution in [-0.4, -0.2) is 38.0 Å². The third-order valence-electron chi connectivity index (χ3n) is 4.44. The summed E-state index contributed by atoms with van der Waals surface area (Å²) in [5.74, 6) is -1.63. The van der Waals surface area contributed by atoms with Gasteiger partial charge < -0.3 is 19.7 Å². The number of methoxy groups -OCH3 is 1. The number of esters is 1. The quantitative estimate of drug-likeness (QED) is 0.580. The molecule has 1 aliphatic rings. The van der Waals surface area contributed by atoms with Crippen LogP contribution in [0.3, 0.4) is 0 Å². The van der Waals surface area contributed by atoms with Crippen molar-refractivity contribution >= 4 is 68.3 Å². The molecule has 0 aliphatic carbocycles. The maximum Gasteiger partial charge on any atom is 0.311 e. The van der Waals surface area contributed by atoms with Gasteiger partial charge >= 0.3 is 5.97 Å². The molecule has 0 aromatic heterocycles. The number of hydrogen-bond acceptors (Lipinski definition) is 5. The third-order valence-corrected chi connectivity index (χ3v) is 5.91. The van der Waals surface area contributed by atoms with Crippen LogP contribution in [0.4, 0.5) is 11.4 Å². The molecule has 30 heavy (non-hydrogen) atoms. The summed E-state index contributed by atoms with van der Waals surface area (Å²) in [6.45, 7) is -0.365. The lowest BCUT2D eigenvalue weighted by Crippen LogP contribution is -2.28. The first-order chi connectivity index (χ1) is 14.3. The predicted molar refractivity (Wildman–Crippen MR) is 117 cm³/mol. The maximum atomic E-state index is 12.4. The summed E-state index contributed by atoms with van der Waals surface area (Å²) in [5.41, 5.74) is 0.953. The molecule has 0 saturated carbocycles. The van der Waals surface area contributed by atoms with Gasteiger partial charge in [-0.15, -0.1) is 0 Å². The first-order valence-electron chi connectivity index (χ1n) is 8.84. The van der Waals surface area contributed by atoms with Crippen molar-refractivity contribution in [3.8, 4) is 5.75 Å². The standard InChI is InChI=1S/C20H17BrCl2N2O5/c1-29-17-5-2-12(22)7-16(17)25-9-11(6-19(25)27)20(28)30-10-18(26)24-13-3-4-14(21)15(23)8-13/h2-5,7-8,11H,6,9-10H2,1H3,(H,24,26)/t11-/m1/s1. The molecule has 10 heteroatoms. The van der Waals surface area contributed by atoms with Crippen LogP contribution in [0.25, 0.3) is 0 Å². The minimum Gasteiger partial charge on any atom is -0.495 e. The Morgan fingerprint density at radius 2 is 2.00 bits per heavy atom. The van der Waals surface area contributed by atoms with Gasteiger partial charge in [0.15, 0.2) is 6.61 Å². The monoisotopic (exact) mass is 514 g/mol. The predicted octanol–water partition coefficient (Wildman–Crippen LogP) is 4.30. The first kappa shape index (κ1) is 22.4. The number of hydrogen-bond donors (Lipinski definition) is 1. The number of anilines is 2. The molecule has 1 aliphatic heterocycles. The van der Waals surface area contributed by atoms with E-state index in [9.17, 15) is 14.4 Å². The highest BCUT2D eigenvalue weighted by molar-refractivity contribution is 9.10. The zero-order valence-corrected chi connectivity index (χ0v) is 18.9. The van der Waals surface area contributed by atoms with Crippen molar-refractivity contribution in [2.24, 2.45) is 5.92 Å². The van der Waals surface area contributed by atoms with E-state index < -0.39 is 24.4 Å². The van der Waals surface area contributed by atoms with Crippen molar-refractivity contribution in [1.29, 1.82) is 0 Å². The van der Waals surface area contributed by atoms with Crippen molar-refractivity contribution in [2.75, 3.05) is 30.5 Å². The molecule has 3 rings (SSSR count). The van der Waals surface area contributed by atoms with Gasteiger partial charge in [-0.3, -0.25) is 14.4 Å². The molecule has 0 spiro atoms. The fourth-order valence-corrected chi connectivity index (χ4v) is 3.59. The number of ether oxygens (including phenoxy) is 2. The minimum absolute atomic E-state index is 0.0293. The van der Waals surface area contributed by atoms with Gasteiger partial charge in [0.05, 0.1) is 23.7 Å². The SMILES string of the molecule is COc1ccc(Cl)cc1N1C[C@H](C(=O)OCC(=O)Nc2ccc(Br)c(Cl)c2)CC1=O. The minimum atomic E-state index is -0.698. The Hall–Kier alpha value is -2.29. The van der Waals surface area contributed by atoms with Crippen LogP contribution in [0.15, 0.2) is 40.9 Å². The summed E-state index contributed by atoms with van der Waals surface area (Å²) in [4.78, 5) is 38.3. The lowest BCUT2D eigenvalue weighted by molar-refractivity contribution is -0.151. The van der Waals surface area contributed by atoms with Gasteiger partial charge in [-0.2, -0.15) is 0 Å². The van der Waals surface area contributed by atoms with Crippen LogP contribution in [-0.2, 0) is 19.1 Å². The lowest BCUT2D eigenvalue weighted by Gasteiger charge is -2.19. The highest BCUT2D eigenvalue weighted by atomic mass is 79.9. The Bertz CT molecular complexity index is 1000. The fraction of sp³-hybridized carbons (Fsp3) is 0.250. The number of amides is 2. The topological polar surface area (TPSA) is 84.9 Å². The molecule has 0 radical (unpaired) electrons. The van der Waals surface area contributed by atoms with E-state index >= 15 is 0 Å². The molecule has 1 saturated heterocycles. The van der Waals surface area contributed by atoms with Crippen LogP contribution in [0, 0.1) is 5.92 Å². The van der Waals surface area contributed by atoms with E-state index in [1.165, 1.54) is 12.0 Å². The highest BCUT2D eigenvalue weighted by Crippen LogP contribution is 2.35. The number of nitrogens with zero attached hydrogens (tertiary/aromatic N) is 1. The second-order valence-electron chi connectivity index (χ2n) is 6.51. The molecule has 2 aromatic rings. The Morgan fingerprint density at radius 3 is 2.70 bits per heavy atom. The van der Waals surface area contributed by atoms with E-state index in [1.54, 1.807) is 36.4 Å². The average Bonchev–Trinajstić information content (AvgIpc) is 3.10. The summed E-state index contributed by atoms with van der Waals surface area (Å²) >= 11 is 15.3. The maximum absolute atomic E-state index is 12.4. The van der Waals surface area contributed by atoms with Crippen molar-refractivity contribution in [1.82, 2.24) is 0 Å². The summed E-state index contributed by atoms with van der Waals surface area (Å²) in [5, 5.41) is 3.47. The zero-order valence-electron chi connectivity index (χ0n) is 15.8. The van der Waals surface area contributed by atoms with Crippen LogP contribution in [0.2, 0.25) is 10.0 Å². The Balaban J connectivity index is 1.57. The molecule has 1 heterocycles. The van der Waals surface area contributed by atoms with Crippen molar-refractivity contribution in [2.45, 2.75) is 6.42 Å². The molecule has 2 amide bonds. The van der Waals surface area contributed by atoms with E-state index in [4.69, 9.17) is 32.7 Å². The van der Waals surface area contributed by atoms with Gasteiger partial charge in [0.25, 0.3) is 5.91 Å². The van der Waals surface area contributed by atoms with Crippen LogP contribution >= 0.6 is 39.1 Å². The Kier molecular flexibility index (Phi) is 7.23. The van der Waals surface area contributed by atoms with Gasteiger partial charge in [-0.25, -0.2) is 0 Å². The van der Waals surface area contributed by atoms with Gasteiger partial charge in [-0.05, 0) is 52.3 Å². The third kappa shape index (κ3) is 5.24. The summed E-state index contributed by atoms with van der Waals surface area (Å²) in [7, 11) is 1.48. The number of carbonyl (C=O) groups is 3. The molecule has 1 N–H and O–H groups in total. The highest BCUT2D eigenvalue weighted by Gasteiger charge is 2.37. The molecular weight excluding hydrogens is 499 g/mol. The molecule has 2 aromatic carbocycles. The van der Waals surface area contributed by atoms with E-state index in [0.717, 1.165) is 0 Å². The Labute approximate surface area is 191 Å². The molecule has 7 nitrogen and oxygen atoms in total. The molecule has 1 fully saturated rings. The first-order valence-corrected chi connectivity index (χ1v) is 10.4. The van der Waals surface area contributed by atoms with Gasteiger partial charge in [0.1, 0.15) is 5.75 Å². The van der Waals surface area contributed by atoms with E-state index in [1.807, 2.05) is 0 Å². The lowest BCUT2D eigenvalue weighted by atomic mass is 10.1. The van der Waals surface area contributed by atoms with Crippen LogP contribution < -0.4 is 15.0 Å². The van der Waals surface area contributed by atoms with Crippen LogP contribution in [0.1, 0.15) is 6.42 Å². The van der Waals surface area contributed by atoms with Crippen LogP contribution in [0.5, 0.6) is 5.75 Å². The second kappa shape index (κ2) is 9.68. The summed E-state index contributed by atoms with van der Waals surface area (Å²) in [6.07, 6.45) is -0.0293. The fourth-order valence-electron chi connectivity index (χ4n) is 3.00. The number of carbonyl (C=O) groups excluding carboxylic acids is 3. The zero-order chi connectivity index (χ0) is 21.8. The number of rotatable bonds is 6. The second-order valence-corrected chi connectivity index (χ2v) is 8.20. The van der Waals surface area contributed by atoms with E-state index in [-0.39, 0.29) is 18.9 Å². The normalized spacial score (nSPS) is 15.8. The molecule has 0 bridgehead atoms. The molecule has 1 atom stereocenters. The van der Waals surface area contributed by atoms with Gasteiger partial charge in [0.2, 0.25) is 5.91 Å². The Morgan fingerprint density at radius 1 is 1.23 bits per heavy atom. The van der Waals surface area contributed by atoms with Crippen molar-refractivity contribution in [3.05, 3.63) is 50.9 Å². The van der Waals surface area contributed by atoms with E-state index in [2.05, 4.69) is 21.2 Å². The smallest absolute Gasteiger partial charge is 0.311 e. The number of halogens is 3. The van der Waals surface area contributed by atoms with Crippen molar-refractivity contribution in [3.63, 3.8) is 0 Å². The van der Waals surface area contributed by atoms with Gasteiger partial charge in [0, 0.05) is 28.1 Å². The molecule has 0 unspecified atom stereocenters. The number of nitrogens with one attached hydrogen (secondary N) is 1. The summed E-state index contributed by atoms with van der Waals surface area (Å²) in [6, 6.07) is 9.80. The van der Waals surface area contributed by atoms with E-state index in [0.29, 0.717) is 31.6 Å². The summed E-state index contributed by atoms with van der Waals surface area (Å²) < 4.78 is 11.1. The van der Waals surface area contributed by atoms with Crippen molar-refractivity contribution < 1.29 is 23.9 Å². The largest absolute Gasteiger partial charge is 0.495 e. The average molecular weight is 516 g/mol. The molecular formula is C20H17BrCl2N2O5. The van der Waals surface area contributed by atoms with Gasteiger partial charge in [-0.1, -0.05) is 23.2 Å². The molecule has 158 valence electrons. The number of benzene rings is 2.